The van der Waals surface area contributed by atoms with Crippen molar-refractivity contribution < 1.29 is 17.9 Å². The molecular formula is C23H31F3IN3O. The number of rotatable bonds is 4. The highest BCUT2D eigenvalue weighted by Gasteiger charge is 2.30. The highest BCUT2D eigenvalue weighted by molar-refractivity contribution is 14.0. The Morgan fingerprint density at radius 1 is 1.19 bits per heavy atom. The van der Waals surface area contributed by atoms with E-state index in [2.05, 4.69) is 27.0 Å². The van der Waals surface area contributed by atoms with Crippen LogP contribution in [0.25, 0.3) is 0 Å². The van der Waals surface area contributed by atoms with Crippen molar-refractivity contribution in [1.29, 1.82) is 0 Å². The highest BCUT2D eigenvalue weighted by Crippen LogP contribution is 2.29. The standard InChI is InChI=1S/C23H30F3N3O.HI/c1-27-22(28-13-5-9-18-8-4-10-20(16-18)23(24,25)26)29-14-11-21(12-15-29)30-17-19-6-2-3-7-19;/h4,8,10,16,19,21H,2-3,6-7,11-15,17H2,1H3,(H,27,28);1H. The van der Waals surface area contributed by atoms with Crippen molar-refractivity contribution in [2.45, 2.75) is 50.8 Å². The Balaban J connectivity index is 0.00000341. The van der Waals surface area contributed by atoms with E-state index >= 15 is 0 Å². The first-order valence-electron chi connectivity index (χ1n) is 10.7. The van der Waals surface area contributed by atoms with E-state index in [0.29, 0.717) is 18.2 Å². The number of ether oxygens (including phenoxy) is 1. The third kappa shape index (κ3) is 8.19. The molecule has 172 valence electrons. The maximum atomic E-state index is 12.8. The Labute approximate surface area is 200 Å². The number of benzene rings is 1. The van der Waals surface area contributed by atoms with Gasteiger partial charge in [0.1, 0.15) is 0 Å². The van der Waals surface area contributed by atoms with Crippen molar-refractivity contribution in [3.05, 3.63) is 35.4 Å². The summed E-state index contributed by atoms with van der Waals surface area (Å²) in [4.78, 5) is 6.49. The molecule has 0 spiro atoms. The topological polar surface area (TPSA) is 36.9 Å². The second-order valence-corrected chi connectivity index (χ2v) is 7.95. The number of nitrogens with one attached hydrogen (secondary N) is 1. The first-order valence-corrected chi connectivity index (χ1v) is 10.7. The van der Waals surface area contributed by atoms with Crippen molar-refractivity contribution in [2.75, 3.05) is 33.3 Å². The van der Waals surface area contributed by atoms with Gasteiger partial charge < -0.3 is 15.0 Å². The minimum atomic E-state index is -4.36. The van der Waals surface area contributed by atoms with Crippen LogP contribution in [0.2, 0.25) is 0 Å². The maximum absolute atomic E-state index is 12.8. The quantitative estimate of drug-likeness (QED) is 0.251. The number of alkyl halides is 3. The van der Waals surface area contributed by atoms with Crippen LogP contribution < -0.4 is 5.32 Å². The Bertz CT molecular complexity index is 774. The van der Waals surface area contributed by atoms with Crippen molar-refractivity contribution in [2.24, 2.45) is 10.9 Å². The lowest BCUT2D eigenvalue weighted by molar-refractivity contribution is -0.137. The second-order valence-electron chi connectivity index (χ2n) is 7.95. The summed E-state index contributed by atoms with van der Waals surface area (Å²) in [6, 6.07) is 5.07. The normalized spacial score (nSPS) is 18.3. The zero-order chi connectivity index (χ0) is 21.4. The zero-order valence-electron chi connectivity index (χ0n) is 17.9. The highest BCUT2D eigenvalue weighted by atomic mass is 127. The van der Waals surface area contributed by atoms with Gasteiger partial charge in [-0.2, -0.15) is 13.2 Å². The molecule has 1 heterocycles. The molecule has 8 heteroatoms. The van der Waals surface area contributed by atoms with Crippen LogP contribution in [0.1, 0.15) is 49.7 Å². The average molecular weight is 549 g/mol. The molecule has 1 aliphatic carbocycles. The minimum Gasteiger partial charge on any atom is -0.378 e. The van der Waals surface area contributed by atoms with E-state index in [1.807, 2.05) is 0 Å². The van der Waals surface area contributed by atoms with E-state index in [0.717, 1.165) is 56.5 Å². The molecule has 0 bridgehead atoms. The summed E-state index contributed by atoms with van der Waals surface area (Å²) in [6.07, 6.45) is 3.20. The number of hydrogen-bond acceptors (Lipinski definition) is 2. The van der Waals surface area contributed by atoms with Gasteiger partial charge in [-0.05, 0) is 49.8 Å². The summed E-state index contributed by atoms with van der Waals surface area (Å²) in [5.41, 5.74) is -0.335. The predicted molar refractivity (Wildman–Crippen MR) is 128 cm³/mol. The van der Waals surface area contributed by atoms with Gasteiger partial charge in [0.15, 0.2) is 5.96 Å². The lowest BCUT2D eigenvalue weighted by Gasteiger charge is -2.34. The molecule has 0 aromatic heterocycles. The Morgan fingerprint density at radius 3 is 2.55 bits per heavy atom. The number of guanidine groups is 1. The maximum Gasteiger partial charge on any atom is 0.416 e. The molecule has 0 amide bonds. The molecule has 2 fully saturated rings. The van der Waals surface area contributed by atoms with Crippen LogP contribution in [0.5, 0.6) is 0 Å². The first-order chi connectivity index (χ1) is 14.5. The van der Waals surface area contributed by atoms with Crippen LogP contribution in [0.15, 0.2) is 29.3 Å². The molecule has 1 aliphatic heterocycles. The monoisotopic (exact) mass is 549 g/mol. The SMILES string of the molecule is CN=C(NCC#Cc1cccc(C(F)(F)F)c1)N1CCC(OCC2CCCC2)CC1.I. The molecule has 2 aliphatic rings. The second kappa shape index (κ2) is 12.5. The van der Waals surface area contributed by atoms with Gasteiger partial charge in [0.25, 0.3) is 0 Å². The number of halogens is 4. The third-order valence-corrected chi connectivity index (χ3v) is 5.75. The third-order valence-electron chi connectivity index (χ3n) is 5.75. The fourth-order valence-corrected chi connectivity index (χ4v) is 4.06. The summed E-state index contributed by atoms with van der Waals surface area (Å²) in [5.74, 6) is 7.18. The molecule has 31 heavy (non-hydrogen) atoms. The molecule has 4 nitrogen and oxygen atoms in total. The molecule has 1 saturated heterocycles. The van der Waals surface area contributed by atoms with Crippen molar-refractivity contribution >= 4 is 29.9 Å². The largest absolute Gasteiger partial charge is 0.416 e. The molecule has 1 aromatic carbocycles. The van der Waals surface area contributed by atoms with Crippen LogP contribution in [0.3, 0.4) is 0 Å². The van der Waals surface area contributed by atoms with Gasteiger partial charge in [-0.25, -0.2) is 0 Å². The fraction of sp³-hybridized carbons (Fsp3) is 0.609. The van der Waals surface area contributed by atoms with Crippen LogP contribution >= 0.6 is 24.0 Å². The van der Waals surface area contributed by atoms with Gasteiger partial charge in [0.2, 0.25) is 0 Å². The van der Waals surface area contributed by atoms with E-state index in [1.54, 1.807) is 13.1 Å². The molecule has 0 radical (unpaired) electrons. The van der Waals surface area contributed by atoms with E-state index in [9.17, 15) is 13.2 Å². The lowest BCUT2D eigenvalue weighted by atomic mass is 10.1. The molecule has 1 saturated carbocycles. The van der Waals surface area contributed by atoms with Crippen LogP contribution in [-0.4, -0.2) is 50.3 Å². The number of piperidine rings is 1. The number of nitrogens with zero attached hydrogens (tertiary/aromatic N) is 2. The van der Waals surface area contributed by atoms with Crippen LogP contribution in [0.4, 0.5) is 13.2 Å². The molecule has 0 atom stereocenters. The number of likely N-dealkylation sites (tertiary alicyclic amines) is 1. The summed E-state index contributed by atoms with van der Waals surface area (Å²) in [5, 5.41) is 3.19. The number of hydrogen-bond donors (Lipinski definition) is 1. The van der Waals surface area contributed by atoms with Crippen molar-refractivity contribution in [3.63, 3.8) is 0 Å². The van der Waals surface area contributed by atoms with E-state index in [4.69, 9.17) is 4.74 Å². The van der Waals surface area contributed by atoms with Crippen LogP contribution in [0, 0.1) is 17.8 Å². The molecule has 3 rings (SSSR count). The van der Waals surface area contributed by atoms with Gasteiger partial charge in [0, 0.05) is 32.3 Å². The average Bonchev–Trinajstić information content (AvgIpc) is 3.26. The van der Waals surface area contributed by atoms with Crippen molar-refractivity contribution in [3.8, 4) is 11.8 Å². The van der Waals surface area contributed by atoms with Crippen molar-refractivity contribution in [1.82, 2.24) is 10.2 Å². The van der Waals surface area contributed by atoms with E-state index < -0.39 is 11.7 Å². The smallest absolute Gasteiger partial charge is 0.378 e. The Kier molecular flexibility index (Phi) is 10.4. The minimum absolute atomic E-state index is 0. The summed E-state index contributed by atoms with van der Waals surface area (Å²) in [7, 11) is 1.73. The van der Waals surface area contributed by atoms with Gasteiger partial charge in [0.05, 0.1) is 18.2 Å². The van der Waals surface area contributed by atoms with Gasteiger partial charge in [-0.15, -0.1) is 24.0 Å². The summed E-state index contributed by atoms with van der Waals surface area (Å²) >= 11 is 0. The number of aliphatic imine (C=N–C) groups is 1. The van der Waals surface area contributed by atoms with Gasteiger partial charge in [-0.1, -0.05) is 30.7 Å². The fourth-order valence-electron chi connectivity index (χ4n) is 4.06. The van der Waals surface area contributed by atoms with Gasteiger partial charge >= 0.3 is 6.18 Å². The van der Waals surface area contributed by atoms with Crippen LogP contribution in [-0.2, 0) is 10.9 Å². The molecule has 1 aromatic rings. The summed E-state index contributed by atoms with van der Waals surface area (Å²) < 4.78 is 44.5. The predicted octanol–water partition coefficient (Wildman–Crippen LogP) is 4.92. The Hall–Kier alpha value is -1.47. The lowest BCUT2D eigenvalue weighted by Crippen LogP contribution is -2.47. The molecule has 1 N–H and O–H groups in total. The molecule has 0 unspecified atom stereocenters. The molecular weight excluding hydrogens is 518 g/mol. The first kappa shape index (κ1) is 25.8. The zero-order valence-corrected chi connectivity index (χ0v) is 20.2. The summed E-state index contributed by atoms with van der Waals surface area (Å²) in [6.45, 7) is 2.95. The van der Waals surface area contributed by atoms with E-state index in [-0.39, 0.29) is 24.0 Å². The van der Waals surface area contributed by atoms with Gasteiger partial charge in [-0.3, -0.25) is 4.99 Å². The van der Waals surface area contributed by atoms with E-state index in [1.165, 1.54) is 31.7 Å². The Morgan fingerprint density at radius 2 is 1.90 bits per heavy atom.